The van der Waals surface area contributed by atoms with E-state index in [0.717, 1.165) is 25.9 Å². The number of amides is 1. The van der Waals surface area contributed by atoms with Crippen LogP contribution in [0.15, 0.2) is 4.52 Å². The van der Waals surface area contributed by atoms with Gasteiger partial charge in [-0.2, -0.15) is 4.98 Å². The first kappa shape index (κ1) is 11.1. The smallest absolute Gasteiger partial charge is 0.233 e. The third-order valence-corrected chi connectivity index (χ3v) is 2.87. The molecule has 2 rings (SSSR count). The molecule has 0 aromatic carbocycles. The number of rotatable bonds is 4. The molecule has 1 aromatic heterocycles. The lowest BCUT2D eigenvalue weighted by Gasteiger charge is -2.37. The molecule has 0 bridgehead atoms. The van der Waals surface area contributed by atoms with E-state index in [2.05, 4.69) is 17.1 Å². The van der Waals surface area contributed by atoms with Gasteiger partial charge in [0, 0.05) is 19.5 Å². The molecule has 0 spiro atoms. The molecule has 1 aliphatic heterocycles. The van der Waals surface area contributed by atoms with Crippen LogP contribution in [-0.4, -0.2) is 34.0 Å². The molecular formula is C11H17N3O2. The minimum Gasteiger partial charge on any atom is -0.341 e. The first-order chi connectivity index (χ1) is 7.70. The summed E-state index contributed by atoms with van der Waals surface area (Å²) in [6, 6.07) is 0. The zero-order valence-electron chi connectivity index (χ0n) is 9.77. The van der Waals surface area contributed by atoms with Crippen molar-refractivity contribution in [3.05, 3.63) is 11.7 Å². The monoisotopic (exact) mass is 223 g/mol. The molecule has 16 heavy (non-hydrogen) atoms. The van der Waals surface area contributed by atoms with Gasteiger partial charge in [-0.05, 0) is 13.3 Å². The van der Waals surface area contributed by atoms with Crippen molar-refractivity contribution in [2.75, 3.05) is 13.1 Å². The van der Waals surface area contributed by atoms with Crippen molar-refractivity contribution in [2.24, 2.45) is 0 Å². The SMILES string of the molecule is CCCCC(=O)N1CC(c2nc(C)no2)C1. The van der Waals surface area contributed by atoms with Crippen LogP contribution >= 0.6 is 0 Å². The zero-order chi connectivity index (χ0) is 11.5. The summed E-state index contributed by atoms with van der Waals surface area (Å²) in [6.07, 6.45) is 2.69. The number of unbranched alkanes of at least 4 members (excludes halogenated alkanes) is 1. The molecule has 1 fully saturated rings. The predicted molar refractivity (Wildman–Crippen MR) is 57.9 cm³/mol. The second-order valence-electron chi connectivity index (χ2n) is 4.28. The molecule has 5 heteroatoms. The summed E-state index contributed by atoms with van der Waals surface area (Å²) in [4.78, 5) is 17.7. The number of aromatic nitrogens is 2. The van der Waals surface area contributed by atoms with Crippen molar-refractivity contribution < 1.29 is 9.32 Å². The summed E-state index contributed by atoms with van der Waals surface area (Å²) in [5.74, 6) is 1.81. The van der Waals surface area contributed by atoms with Crippen molar-refractivity contribution in [3.63, 3.8) is 0 Å². The highest BCUT2D eigenvalue weighted by Crippen LogP contribution is 2.26. The van der Waals surface area contributed by atoms with Gasteiger partial charge in [-0.15, -0.1) is 0 Å². The number of carbonyl (C=O) groups excluding carboxylic acids is 1. The molecule has 1 saturated heterocycles. The normalized spacial score (nSPS) is 16.2. The molecule has 0 atom stereocenters. The summed E-state index contributed by atoms with van der Waals surface area (Å²) in [6.45, 7) is 5.34. The Hall–Kier alpha value is -1.39. The Balaban J connectivity index is 1.79. The van der Waals surface area contributed by atoms with Crippen molar-refractivity contribution in [3.8, 4) is 0 Å². The number of hydrogen-bond donors (Lipinski definition) is 0. The predicted octanol–water partition coefficient (Wildman–Crippen LogP) is 1.49. The van der Waals surface area contributed by atoms with E-state index in [1.54, 1.807) is 6.92 Å². The largest absolute Gasteiger partial charge is 0.341 e. The molecule has 5 nitrogen and oxygen atoms in total. The molecule has 0 unspecified atom stereocenters. The van der Waals surface area contributed by atoms with E-state index in [0.29, 0.717) is 18.1 Å². The van der Waals surface area contributed by atoms with Crippen LogP contribution in [0.5, 0.6) is 0 Å². The van der Waals surface area contributed by atoms with E-state index in [9.17, 15) is 4.79 Å². The van der Waals surface area contributed by atoms with Crippen LogP contribution in [0.4, 0.5) is 0 Å². The minimum atomic E-state index is 0.242. The Morgan fingerprint density at radius 1 is 1.56 bits per heavy atom. The molecule has 0 N–H and O–H groups in total. The maximum atomic E-state index is 11.6. The number of hydrogen-bond acceptors (Lipinski definition) is 4. The first-order valence-corrected chi connectivity index (χ1v) is 5.78. The molecule has 0 saturated carbocycles. The number of aryl methyl sites for hydroxylation is 1. The van der Waals surface area contributed by atoms with Crippen molar-refractivity contribution in [2.45, 2.75) is 39.0 Å². The molecule has 1 aliphatic rings. The second-order valence-corrected chi connectivity index (χ2v) is 4.28. The van der Waals surface area contributed by atoms with Crippen LogP contribution in [0.1, 0.15) is 43.8 Å². The third kappa shape index (κ3) is 2.23. The Labute approximate surface area is 94.8 Å². The van der Waals surface area contributed by atoms with E-state index in [4.69, 9.17) is 4.52 Å². The van der Waals surface area contributed by atoms with Crippen molar-refractivity contribution in [1.82, 2.24) is 15.0 Å². The standard InChI is InChI=1S/C11H17N3O2/c1-3-4-5-10(15)14-6-9(7-14)11-12-8(2)13-16-11/h9H,3-7H2,1-2H3. The maximum absolute atomic E-state index is 11.6. The van der Waals surface area contributed by atoms with Gasteiger partial charge < -0.3 is 9.42 Å². The highest BCUT2D eigenvalue weighted by molar-refractivity contribution is 5.77. The topological polar surface area (TPSA) is 59.2 Å². The van der Waals surface area contributed by atoms with Gasteiger partial charge in [0.15, 0.2) is 5.82 Å². The average molecular weight is 223 g/mol. The van der Waals surface area contributed by atoms with Gasteiger partial charge in [-0.25, -0.2) is 0 Å². The fourth-order valence-corrected chi connectivity index (χ4v) is 1.80. The van der Waals surface area contributed by atoms with Crippen LogP contribution in [0, 0.1) is 6.92 Å². The molecule has 1 aromatic rings. The van der Waals surface area contributed by atoms with Crippen LogP contribution in [-0.2, 0) is 4.79 Å². The Morgan fingerprint density at radius 3 is 2.88 bits per heavy atom. The van der Waals surface area contributed by atoms with E-state index < -0.39 is 0 Å². The molecule has 1 amide bonds. The summed E-state index contributed by atoms with van der Waals surface area (Å²) >= 11 is 0. The van der Waals surface area contributed by atoms with Crippen molar-refractivity contribution >= 4 is 5.91 Å². The maximum Gasteiger partial charge on any atom is 0.233 e. The zero-order valence-corrected chi connectivity index (χ0v) is 9.77. The van der Waals surface area contributed by atoms with E-state index >= 15 is 0 Å². The summed E-state index contributed by atoms with van der Waals surface area (Å²) in [7, 11) is 0. The fourth-order valence-electron chi connectivity index (χ4n) is 1.80. The first-order valence-electron chi connectivity index (χ1n) is 5.78. The van der Waals surface area contributed by atoms with Crippen molar-refractivity contribution in [1.29, 1.82) is 0 Å². The Bertz CT molecular complexity index is 369. The van der Waals surface area contributed by atoms with Crippen LogP contribution in [0.2, 0.25) is 0 Å². The highest BCUT2D eigenvalue weighted by atomic mass is 16.5. The highest BCUT2D eigenvalue weighted by Gasteiger charge is 2.34. The van der Waals surface area contributed by atoms with Gasteiger partial charge >= 0.3 is 0 Å². The van der Waals surface area contributed by atoms with E-state index in [1.165, 1.54) is 0 Å². The molecule has 0 radical (unpaired) electrons. The third-order valence-electron chi connectivity index (χ3n) is 2.87. The summed E-state index contributed by atoms with van der Waals surface area (Å²) in [5, 5.41) is 3.75. The van der Waals surface area contributed by atoms with Crippen LogP contribution in [0.25, 0.3) is 0 Å². The van der Waals surface area contributed by atoms with Gasteiger partial charge in [0.25, 0.3) is 0 Å². The Morgan fingerprint density at radius 2 is 2.31 bits per heavy atom. The van der Waals surface area contributed by atoms with Crippen LogP contribution < -0.4 is 0 Å². The quantitative estimate of drug-likeness (QED) is 0.776. The second kappa shape index (κ2) is 4.63. The number of nitrogens with zero attached hydrogens (tertiary/aromatic N) is 3. The van der Waals surface area contributed by atoms with Gasteiger partial charge in [0.2, 0.25) is 11.8 Å². The van der Waals surface area contributed by atoms with E-state index in [1.807, 2.05) is 4.90 Å². The van der Waals surface area contributed by atoms with Crippen LogP contribution in [0.3, 0.4) is 0 Å². The minimum absolute atomic E-state index is 0.242. The average Bonchev–Trinajstić information content (AvgIpc) is 2.59. The molecule has 88 valence electrons. The summed E-state index contributed by atoms with van der Waals surface area (Å²) < 4.78 is 5.08. The van der Waals surface area contributed by atoms with Gasteiger partial charge in [-0.1, -0.05) is 18.5 Å². The Kier molecular flexibility index (Phi) is 3.22. The molecular weight excluding hydrogens is 206 g/mol. The number of carbonyl (C=O) groups is 1. The van der Waals surface area contributed by atoms with Gasteiger partial charge in [0.1, 0.15) is 0 Å². The van der Waals surface area contributed by atoms with Gasteiger partial charge in [-0.3, -0.25) is 4.79 Å². The fraction of sp³-hybridized carbons (Fsp3) is 0.727. The number of likely N-dealkylation sites (tertiary alicyclic amines) is 1. The lowest BCUT2D eigenvalue weighted by molar-refractivity contribution is -0.136. The molecule has 0 aliphatic carbocycles. The molecule has 2 heterocycles. The lowest BCUT2D eigenvalue weighted by Crippen LogP contribution is -2.48. The lowest BCUT2D eigenvalue weighted by atomic mass is 9.99. The summed E-state index contributed by atoms with van der Waals surface area (Å²) in [5.41, 5.74) is 0. The van der Waals surface area contributed by atoms with Gasteiger partial charge in [0.05, 0.1) is 5.92 Å². The van der Waals surface area contributed by atoms with E-state index in [-0.39, 0.29) is 11.8 Å².